The maximum absolute atomic E-state index is 12.5. The zero-order valence-corrected chi connectivity index (χ0v) is 14.1. The van der Waals surface area contributed by atoms with Crippen LogP contribution in [0.2, 0.25) is 0 Å². The van der Waals surface area contributed by atoms with Gasteiger partial charge in [0.2, 0.25) is 0 Å². The van der Waals surface area contributed by atoms with Crippen molar-refractivity contribution < 1.29 is 27.9 Å². The van der Waals surface area contributed by atoms with E-state index in [-0.39, 0.29) is 12.4 Å². The quantitative estimate of drug-likeness (QED) is 0.440. The maximum Gasteiger partial charge on any atom is 0.416 e. The maximum atomic E-state index is 12.5. The molecule has 1 N–H and O–H groups in total. The van der Waals surface area contributed by atoms with E-state index in [9.17, 15) is 18.3 Å². The minimum Gasteiger partial charge on any atom is -0.504 e. The Morgan fingerprint density at radius 1 is 1.15 bits per heavy atom. The highest BCUT2D eigenvalue weighted by Gasteiger charge is 2.29. The summed E-state index contributed by atoms with van der Waals surface area (Å²) in [6.07, 6.45) is -0.753. The molecule has 0 aliphatic heterocycles. The van der Waals surface area contributed by atoms with Crippen molar-refractivity contribution in [3.8, 4) is 11.5 Å². The first-order valence-electron chi connectivity index (χ1n) is 7.67. The molecule has 7 heteroatoms. The first-order chi connectivity index (χ1) is 12.3. The summed E-state index contributed by atoms with van der Waals surface area (Å²) in [5.41, 5.74) is 1.09. The summed E-state index contributed by atoms with van der Waals surface area (Å²) in [5, 5.41) is 13.9. The standard InChI is InChI=1S/C19H18F3NO3/c1-3-4-14-9-15(18(24)17(10-14)25-2)11-23-26-12-13-5-7-16(8-6-13)19(20,21)22/h3,5-11,24H,1,4,12H2,2H3. The lowest BCUT2D eigenvalue weighted by atomic mass is 10.1. The van der Waals surface area contributed by atoms with E-state index in [1.807, 2.05) is 0 Å². The molecule has 2 aromatic rings. The summed E-state index contributed by atoms with van der Waals surface area (Å²) >= 11 is 0. The Kier molecular flexibility index (Phi) is 6.27. The summed E-state index contributed by atoms with van der Waals surface area (Å²) in [6, 6.07) is 8.02. The molecule has 0 aliphatic rings. The fraction of sp³-hybridized carbons (Fsp3) is 0.211. The lowest BCUT2D eigenvalue weighted by Crippen LogP contribution is -2.04. The highest BCUT2D eigenvalue weighted by Crippen LogP contribution is 2.31. The molecule has 0 bridgehead atoms. The fourth-order valence-electron chi connectivity index (χ4n) is 2.22. The number of alkyl halides is 3. The summed E-state index contributed by atoms with van der Waals surface area (Å²) in [6.45, 7) is 3.66. The molecule has 0 amide bonds. The number of nitrogens with zero attached hydrogens (tertiary/aromatic N) is 1. The number of halogens is 3. The van der Waals surface area contributed by atoms with Gasteiger partial charge in [-0.05, 0) is 41.8 Å². The molecule has 0 spiro atoms. The predicted octanol–water partition coefficient (Wildman–Crippen LogP) is 4.70. The smallest absolute Gasteiger partial charge is 0.416 e. The molecule has 26 heavy (non-hydrogen) atoms. The van der Waals surface area contributed by atoms with Crippen LogP contribution in [0.4, 0.5) is 13.2 Å². The number of aromatic hydroxyl groups is 1. The highest BCUT2D eigenvalue weighted by atomic mass is 19.4. The summed E-state index contributed by atoms with van der Waals surface area (Å²) in [4.78, 5) is 5.09. The third-order valence-electron chi connectivity index (χ3n) is 3.54. The van der Waals surface area contributed by atoms with Crippen molar-refractivity contribution in [1.29, 1.82) is 0 Å². The number of hydrogen-bond acceptors (Lipinski definition) is 4. The molecular weight excluding hydrogens is 347 g/mol. The number of allylic oxidation sites excluding steroid dienone is 1. The van der Waals surface area contributed by atoms with E-state index in [2.05, 4.69) is 11.7 Å². The van der Waals surface area contributed by atoms with E-state index in [0.717, 1.165) is 17.7 Å². The second-order valence-corrected chi connectivity index (χ2v) is 5.43. The normalized spacial score (nSPS) is 11.5. The van der Waals surface area contributed by atoms with E-state index < -0.39 is 11.7 Å². The van der Waals surface area contributed by atoms with E-state index in [1.165, 1.54) is 25.5 Å². The molecule has 0 aliphatic carbocycles. The number of hydrogen-bond donors (Lipinski definition) is 1. The highest BCUT2D eigenvalue weighted by molar-refractivity contribution is 5.85. The topological polar surface area (TPSA) is 51.0 Å². The van der Waals surface area contributed by atoms with E-state index in [4.69, 9.17) is 9.57 Å². The lowest BCUT2D eigenvalue weighted by Gasteiger charge is -2.09. The Balaban J connectivity index is 2.04. The number of methoxy groups -OCH3 is 1. The Morgan fingerprint density at radius 2 is 1.85 bits per heavy atom. The Bertz CT molecular complexity index is 784. The third-order valence-corrected chi connectivity index (χ3v) is 3.54. The van der Waals surface area contributed by atoms with Gasteiger partial charge < -0.3 is 14.7 Å². The number of rotatable bonds is 7. The van der Waals surface area contributed by atoms with Gasteiger partial charge >= 0.3 is 6.18 Å². The molecule has 0 radical (unpaired) electrons. The second kappa shape index (κ2) is 8.42. The van der Waals surface area contributed by atoms with Gasteiger partial charge in [-0.2, -0.15) is 13.2 Å². The zero-order valence-electron chi connectivity index (χ0n) is 14.1. The van der Waals surface area contributed by atoms with Gasteiger partial charge in [0.05, 0.1) is 18.9 Å². The molecule has 4 nitrogen and oxygen atoms in total. The van der Waals surface area contributed by atoms with Crippen molar-refractivity contribution in [2.75, 3.05) is 7.11 Å². The van der Waals surface area contributed by atoms with Gasteiger partial charge in [0, 0.05) is 5.56 Å². The molecule has 2 rings (SSSR count). The van der Waals surface area contributed by atoms with Crippen LogP contribution in [0.3, 0.4) is 0 Å². The molecule has 0 unspecified atom stereocenters. The molecule has 0 fully saturated rings. The van der Waals surface area contributed by atoms with Crippen molar-refractivity contribution in [3.63, 3.8) is 0 Å². The number of phenols is 1. The summed E-state index contributed by atoms with van der Waals surface area (Å²) in [7, 11) is 1.44. The number of benzene rings is 2. The summed E-state index contributed by atoms with van der Waals surface area (Å²) in [5.74, 6) is 0.218. The van der Waals surface area contributed by atoms with Gasteiger partial charge in [-0.25, -0.2) is 0 Å². The first-order valence-corrected chi connectivity index (χ1v) is 7.67. The molecule has 2 aromatic carbocycles. The average molecular weight is 365 g/mol. The lowest BCUT2D eigenvalue weighted by molar-refractivity contribution is -0.137. The monoisotopic (exact) mass is 365 g/mol. The van der Waals surface area contributed by atoms with Crippen LogP contribution in [-0.2, 0) is 24.0 Å². The van der Waals surface area contributed by atoms with Crippen LogP contribution in [0.5, 0.6) is 11.5 Å². The number of phenolic OH excluding ortho intramolecular Hbond substituents is 1. The molecular formula is C19H18F3NO3. The number of oxime groups is 1. The van der Waals surface area contributed by atoms with Crippen molar-refractivity contribution in [2.24, 2.45) is 5.16 Å². The largest absolute Gasteiger partial charge is 0.504 e. The van der Waals surface area contributed by atoms with Gasteiger partial charge in [0.15, 0.2) is 11.5 Å². The van der Waals surface area contributed by atoms with Gasteiger partial charge in [-0.3, -0.25) is 0 Å². The average Bonchev–Trinajstić information content (AvgIpc) is 2.60. The van der Waals surface area contributed by atoms with Crippen molar-refractivity contribution in [3.05, 3.63) is 71.3 Å². The molecule has 0 heterocycles. The van der Waals surface area contributed by atoms with Gasteiger partial charge in [-0.1, -0.05) is 23.4 Å². The third kappa shape index (κ3) is 5.02. The van der Waals surface area contributed by atoms with Crippen LogP contribution >= 0.6 is 0 Å². The Labute approximate surface area is 149 Å². The first kappa shape index (κ1) is 19.4. The van der Waals surface area contributed by atoms with E-state index in [0.29, 0.717) is 23.3 Å². The van der Waals surface area contributed by atoms with Crippen LogP contribution in [0, 0.1) is 0 Å². The second-order valence-electron chi connectivity index (χ2n) is 5.43. The molecule has 0 aromatic heterocycles. The zero-order chi connectivity index (χ0) is 19.2. The SMILES string of the molecule is C=CCc1cc(C=NOCc2ccc(C(F)(F)F)cc2)c(O)c(OC)c1. The van der Waals surface area contributed by atoms with Crippen molar-refractivity contribution in [2.45, 2.75) is 19.2 Å². The van der Waals surface area contributed by atoms with E-state index >= 15 is 0 Å². The minimum absolute atomic E-state index is 0.00111. The Morgan fingerprint density at radius 3 is 2.42 bits per heavy atom. The van der Waals surface area contributed by atoms with E-state index in [1.54, 1.807) is 18.2 Å². The fourth-order valence-corrected chi connectivity index (χ4v) is 2.22. The van der Waals surface area contributed by atoms with Crippen LogP contribution < -0.4 is 4.74 Å². The van der Waals surface area contributed by atoms with Crippen molar-refractivity contribution >= 4 is 6.21 Å². The van der Waals surface area contributed by atoms with Crippen LogP contribution in [0.15, 0.2) is 54.2 Å². The molecule has 0 saturated carbocycles. The Hall–Kier alpha value is -2.96. The summed E-state index contributed by atoms with van der Waals surface area (Å²) < 4.78 is 42.6. The van der Waals surface area contributed by atoms with Crippen LogP contribution in [0.25, 0.3) is 0 Å². The van der Waals surface area contributed by atoms with Crippen molar-refractivity contribution in [1.82, 2.24) is 0 Å². The number of ether oxygens (including phenoxy) is 1. The minimum atomic E-state index is -4.37. The van der Waals surface area contributed by atoms with Gasteiger partial charge in [0.1, 0.15) is 6.61 Å². The molecule has 138 valence electrons. The van der Waals surface area contributed by atoms with Crippen LogP contribution in [0.1, 0.15) is 22.3 Å². The van der Waals surface area contributed by atoms with Gasteiger partial charge in [-0.15, -0.1) is 6.58 Å². The predicted molar refractivity (Wildman–Crippen MR) is 92.4 cm³/mol. The molecule has 0 saturated heterocycles. The van der Waals surface area contributed by atoms with Gasteiger partial charge in [0.25, 0.3) is 0 Å². The van der Waals surface area contributed by atoms with Crippen LogP contribution in [-0.4, -0.2) is 18.4 Å². The molecule has 0 atom stereocenters.